The molecular weight excluding hydrogens is 335 g/mol. The molecule has 1 aromatic heterocycles. The molecule has 0 bridgehead atoms. The van der Waals surface area contributed by atoms with Crippen LogP contribution in [0.3, 0.4) is 0 Å². The fourth-order valence-corrected chi connectivity index (χ4v) is 2.66. The Bertz CT molecular complexity index is 787. The fourth-order valence-electron chi connectivity index (χ4n) is 2.15. The summed E-state index contributed by atoms with van der Waals surface area (Å²) in [5.74, 6) is 0.375. The number of aromatic nitrogens is 1. The summed E-state index contributed by atoms with van der Waals surface area (Å²) in [5.41, 5.74) is 7.95. The summed E-state index contributed by atoms with van der Waals surface area (Å²) >= 11 is 3.27. The predicted molar refractivity (Wildman–Crippen MR) is 84.6 cm³/mol. The van der Waals surface area contributed by atoms with E-state index in [4.69, 9.17) is 10.5 Å². The first-order chi connectivity index (χ1) is 10.1. The van der Waals surface area contributed by atoms with Crippen molar-refractivity contribution in [2.24, 2.45) is 0 Å². The van der Waals surface area contributed by atoms with E-state index in [0.717, 1.165) is 10.9 Å². The zero-order valence-corrected chi connectivity index (χ0v) is 12.6. The molecule has 0 amide bonds. The molecule has 0 atom stereocenters. The summed E-state index contributed by atoms with van der Waals surface area (Å²) < 4.78 is 19.8. The summed E-state index contributed by atoms with van der Waals surface area (Å²) in [5, 5.41) is 0.841. The zero-order chi connectivity index (χ0) is 14.8. The Kier molecular flexibility index (Phi) is 3.75. The monoisotopic (exact) mass is 346 g/mol. The summed E-state index contributed by atoms with van der Waals surface area (Å²) in [6.45, 7) is 0.268. The number of ether oxygens (including phenoxy) is 1. The number of nitrogen functional groups attached to an aromatic ring is 1. The summed E-state index contributed by atoms with van der Waals surface area (Å²) in [6.07, 6.45) is 1.69. The van der Waals surface area contributed by atoms with Crippen LogP contribution in [0, 0.1) is 5.82 Å². The van der Waals surface area contributed by atoms with Crippen molar-refractivity contribution in [2.45, 2.75) is 6.61 Å². The van der Waals surface area contributed by atoms with Crippen LogP contribution in [-0.2, 0) is 6.61 Å². The van der Waals surface area contributed by atoms with Gasteiger partial charge in [0, 0.05) is 16.1 Å². The number of fused-ring (bicyclic) bond motifs is 1. The van der Waals surface area contributed by atoms with Gasteiger partial charge in [0.15, 0.2) is 0 Å². The van der Waals surface area contributed by atoms with Crippen molar-refractivity contribution in [2.75, 3.05) is 5.73 Å². The van der Waals surface area contributed by atoms with E-state index in [9.17, 15) is 4.39 Å². The van der Waals surface area contributed by atoms with Gasteiger partial charge in [-0.1, -0.05) is 15.9 Å². The van der Waals surface area contributed by atoms with Crippen LogP contribution in [0.1, 0.15) is 5.56 Å². The standard InChI is InChI=1S/C16H12BrFN2O/c17-11-6-10(7-12(18)8-11)9-21-15-4-3-14(19)16-13(15)2-1-5-20-16/h1-8H,9,19H2. The highest BCUT2D eigenvalue weighted by molar-refractivity contribution is 9.10. The first-order valence-corrected chi connectivity index (χ1v) is 7.14. The molecule has 0 fully saturated rings. The molecule has 2 aromatic carbocycles. The van der Waals surface area contributed by atoms with Gasteiger partial charge in [0.05, 0.1) is 11.2 Å². The lowest BCUT2D eigenvalue weighted by Gasteiger charge is -2.10. The maximum absolute atomic E-state index is 13.3. The van der Waals surface area contributed by atoms with Crippen LogP contribution in [0.2, 0.25) is 0 Å². The second kappa shape index (κ2) is 5.69. The van der Waals surface area contributed by atoms with Gasteiger partial charge in [0.25, 0.3) is 0 Å². The molecule has 106 valence electrons. The van der Waals surface area contributed by atoms with E-state index in [1.54, 1.807) is 18.3 Å². The van der Waals surface area contributed by atoms with Crippen molar-refractivity contribution >= 4 is 32.5 Å². The molecule has 1 heterocycles. The Morgan fingerprint density at radius 3 is 2.86 bits per heavy atom. The molecule has 5 heteroatoms. The Morgan fingerprint density at radius 2 is 2.05 bits per heavy atom. The highest BCUT2D eigenvalue weighted by Crippen LogP contribution is 2.29. The number of rotatable bonds is 3. The van der Waals surface area contributed by atoms with Crippen LogP contribution in [0.25, 0.3) is 10.9 Å². The van der Waals surface area contributed by atoms with Gasteiger partial charge in [-0.3, -0.25) is 4.98 Å². The van der Waals surface area contributed by atoms with E-state index in [1.807, 2.05) is 18.2 Å². The number of benzene rings is 2. The van der Waals surface area contributed by atoms with E-state index in [1.165, 1.54) is 12.1 Å². The van der Waals surface area contributed by atoms with Crippen molar-refractivity contribution in [1.82, 2.24) is 4.98 Å². The summed E-state index contributed by atoms with van der Waals surface area (Å²) in [6, 6.07) is 12.0. The molecule has 0 saturated heterocycles. The molecule has 0 aliphatic heterocycles. The third-order valence-corrected chi connectivity index (χ3v) is 3.54. The van der Waals surface area contributed by atoms with Gasteiger partial charge in [0.1, 0.15) is 18.2 Å². The molecule has 3 nitrogen and oxygen atoms in total. The largest absolute Gasteiger partial charge is 0.488 e. The molecule has 0 radical (unpaired) electrons. The van der Waals surface area contributed by atoms with E-state index in [2.05, 4.69) is 20.9 Å². The maximum Gasteiger partial charge on any atom is 0.129 e. The third kappa shape index (κ3) is 2.97. The highest BCUT2D eigenvalue weighted by atomic mass is 79.9. The first kappa shape index (κ1) is 13.8. The second-order valence-corrected chi connectivity index (χ2v) is 5.53. The van der Waals surface area contributed by atoms with Crippen LogP contribution in [0.15, 0.2) is 53.1 Å². The SMILES string of the molecule is Nc1ccc(OCc2cc(F)cc(Br)c2)c2cccnc12. The average molecular weight is 347 g/mol. The van der Waals surface area contributed by atoms with Gasteiger partial charge in [-0.25, -0.2) is 4.39 Å². The Morgan fingerprint density at radius 1 is 1.19 bits per heavy atom. The number of halogens is 2. The van der Waals surface area contributed by atoms with Crippen LogP contribution in [-0.4, -0.2) is 4.98 Å². The molecule has 0 unspecified atom stereocenters. The summed E-state index contributed by atoms with van der Waals surface area (Å²) in [4.78, 5) is 4.25. The normalized spacial score (nSPS) is 10.8. The quantitative estimate of drug-likeness (QED) is 0.719. The Labute approximate surface area is 129 Å². The van der Waals surface area contributed by atoms with Crippen LogP contribution < -0.4 is 10.5 Å². The van der Waals surface area contributed by atoms with Gasteiger partial charge < -0.3 is 10.5 Å². The highest BCUT2D eigenvalue weighted by Gasteiger charge is 2.07. The van der Waals surface area contributed by atoms with Crippen molar-refractivity contribution in [3.63, 3.8) is 0 Å². The van der Waals surface area contributed by atoms with E-state index in [0.29, 0.717) is 21.4 Å². The van der Waals surface area contributed by atoms with E-state index >= 15 is 0 Å². The fraction of sp³-hybridized carbons (Fsp3) is 0.0625. The van der Waals surface area contributed by atoms with Crippen LogP contribution in [0.5, 0.6) is 5.75 Å². The number of pyridine rings is 1. The van der Waals surface area contributed by atoms with Crippen molar-refractivity contribution in [3.05, 3.63) is 64.5 Å². The molecule has 0 spiro atoms. The molecule has 0 aliphatic rings. The van der Waals surface area contributed by atoms with Gasteiger partial charge in [-0.2, -0.15) is 0 Å². The van der Waals surface area contributed by atoms with Crippen molar-refractivity contribution in [1.29, 1.82) is 0 Å². The minimum absolute atomic E-state index is 0.268. The molecule has 21 heavy (non-hydrogen) atoms. The van der Waals surface area contributed by atoms with Crippen molar-refractivity contribution in [3.8, 4) is 5.75 Å². The summed E-state index contributed by atoms with van der Waals surface area (Å²) in [7, 11) is 0. The lowest BCUT2D eigenvalue weighted by molar-refractivity contribution is 0.309. The predicted octanol–water partition coefficient (Wildman–Crippen LogP) is 4.30. The molecule has 0 aliphatic carbocycles. The Balaban J connectivity index is 1.90. The molecule has 2 N–H and O–H groups in total. The second-order valence-electron chi connectivity index (χ2n) is 4.62. The number of nitrogens with zero attached hydrogens (tertiary/aromatic N) is 1. The van der Waals surface area contributed by atoms with Crippen LogP contribution in [0.4, 0.5) is 10.1 Å². The molecule has 3 aromatic rings. The topological polar surface area (TPSA) is 48.1 Å². The third-order valence-electron chi connectivity index (χ3n) is 3.08. The lowest BCUT2D eigenvalue weighted by Crippen LogP contribution is -1.98. The molecular formula is C16H12BrFN2O. The number of hydrogen-bond donors (Lipinski definition) is 1. The van der Waals surface area contributed by atoms with E-state index < -0.39 is 0 Å². The van der Waals surface area contributed by atoms with Crippen LogP contribution >= 0.6 is 15.9 Å². The first-order valence-electron chi connectivity index (χ1n) is 6.34. The van der Waals surface area contributed by atoms with Crippen molar-refractivity contribution < 1.29 is 9.13 Å². The minimum atomic E-state index is -0.299. The van der Waals surface area contributed by atoms with Gasteiger partial charge >= 0.3 is 0 Å². The molecule has 0 saturated carbocycles. The van der Waals surface area contributed by atoms with E-state index in [-0.39, 0.29) is 12.4 Å². The smallest absolute Gasteiger partial charge is 0.129 e. The maximum atomic E-state index is 13.3. The van der Waals surface area contributed by atoms with Gasteiger partial charge in [-0.15, -0.1) is 0 Å². The number of hydrogen-bond acceptors (Lipinski definition) is 3. The number of anilines is 1. The van der Waals surface area contributed by atoms with Gasteiger partial charge in [0.2, 0.25) is 0 Å². The molecule has 3 rings (SSSR count). The zero-order valence-electron chi connectivity index (χ0n) is 11.0. The average Bonchev–Trinajstić information content (AvgIpc) is 2.46. The Hall–Kier alpha value is -2.14. The lowest BCUT2D eigenvalue weighted by atomic mass is 10.1. The van der Waals surface area contributed by atoms with Gasteiger partial charge in [-0.05, 0) is 48.0 Å². The minimum Gasteiger partial charge on any atom is -0.488 e. The number of nitrogens with two attached hydrogens (primary N) is 1.